The molecule has 1 aliphatic heterocycles. The first-order valence-electron chi connectivity index (χ1n) is 8.14. The molecule has 1 saturated heterocycles. The second kappa shape index (κ2) is 7.25. The lowest BCUT2D eigenvalue weighted by atomic mass is 10.2. The number of rotatable bonds is 4. The van der Waals surface area contributed by atoms with E-state index in [1.165, 1.54) is 0 Å². The normalized spacial score (nSPS) is 16.6. The molecule has 130 valence electrons. The van der Waals surface area contributed by atoms with E-state index in [1.54, 1.807) is 12.0 Å². The van der Waals surface area contributed by atoms with Crippen LogP contribution in [0.5, 0.6) is 5.75 Å². The molecular weight excluding hydrogens is 318 g/mol. The molecular formula is C19H21N3O3. The Morgan fingerprint density at radius 1 is 1.20 bits per heavy atom. The van der Waals surface area contributed by atoms with Gasteiger partial charge in [0, 0.05) is 30.4 Å². The zero-order valence-corrected chi connectivity index (χ0v) is 14.3. The highest BCUT2D eigenvalue weighted by atomic mass is 16.5. The number of carbonyl (C=O) groups excluding carboxylic acids is 2. The van der Waals surface area contributed by atoms with Gasteiger partial charge in [0.2, 0.25) is 5.91 Å². The van der Waals surface area contributed by atoms with Gasteiger partial charge in [-0.05, 0) is 36.8 Å². The van der Waals surface area contributed by atoms with Crippen LogP contribution in [0.3, 0.4) is 0 Å². The summed E-state index contributed by atoms with van der Waals surface area (Å²) in [5.41, 5.74) is 2.57. The van der Waals surface area contributed by atoms with Gasteiger partial charge in [-0.2, -0.15) is 0 Å². The summed E-state index contributed by atoms with van der Waals surface area (Å²) in [6, 6.07) is 14.4. The molecule has 0 aliphatic carbocycles. The van der Waals surface area contributed by atoms with Crippen molar-refractivity contribution >= 4 is 23.3 Å². The Balaban J connectivity index is 1.61. The Morgan fingerprint density at radius 3 is 2.76 bits per heavy atom. The van der Waals surface area contributed by atoms with Gasteiger partial charge in [0.05, 0.1) is 13.2 Å². The van der Waals surface area contributed by atoms with Gasteiger partial charge in [-0.25, -0.2) is 4.79 Å². The lowest BCUT2D eigenvalue weighted by Crippen LogP contribution is -2.39. The average molecular weight is 339 g/mol. The molecule has 3 rings (SSSR count). The Labute approximate surface area is 146 Å². The number of nitrogens with zero attached hydrogens (tertiary/aromatic N) is 1. The summed E-state index contributed by atoms with van der Waals surface area (Å²) in [6.45, 7) is 2.40. The van der Waals surface area contributed by atoms with E-state index in [4.69, 9.17) is 4.74 Å². The van der Waals surface area contributed by atoms with Gasteiger partial charge in [0.25, 0.3) is 0 Å². The molecule has 0 bridgehead atoms. The van der Waals surface area contributed by atoms with E-state index >= 15 is 0 Å². The summed E-state index contributed by atoms with van der Waals surface area (Å²) >= 11 is 0. The van der Waals surface area contributed by atoms with E-state index in [0.717, 1.165) is 16.9 Å². The van der Waals surface area contributed by atoms with Crippen molar-refractivity contribution in [3.8, 4) is 5.75 Å². The highest BCUT2D eigenvalue weighted by molar-refractivity contribution is 5.97. The number of anilines is 2. The number of methoxy groups -OCH3 is 1. The van der Waals surface area contributed by atoms with Crippen LogP contribution < -0.4 is 20.3 Å². The van der Waals surface area contributed by atoms with Gasteiger partial charge < -0.3 is 20.3 Å². The predicted octanol–water partition coefficient (Wildman–Crippen LogP) is 2.93. The van der Waals surface area contributed by atoms with E-state index in [1.807, 2.05) is 55.5 Å². The van der Waals surface area contributed by atoms with Crippen molar-refractivity contribution < 1.29 is 14.3 Å². The van der Waals surface area contributed by atoms with E-state index in [0.29, 0.717) is 12.3 Å². The number of benzene rings is 2. The first-order valence-corrected chi connectivity index (χ1v) is 8.14. The summed E-state index contributed by atoms with van der Waals surface area (Å²) in [6.07, 6.45) is 0.276. The van der Waals surface area contributed by atoms with Crippen LogP contribution >= 0.6 is 0 Å². The number of aryl methyl sites for hydroxylation is 1. The van der Waals surface area contributed by atoms with Crippen LogP contribution in [0.15, 0.2) is 48.5 Å². The van der Waals surface area contributed by atoms with Crippen LogP contribution in [0, 0.1) is 6.92 Å². The summed E-state index contributed by atoms with van der Waals surface area (Å²) in [7, 11) is 1.59. The molecule has 0 aromatic heterocycles. The maximum Gasteiger partial charge on any atom is 0.319 e. The molecule has 2 N–H and O–H groups in total. The van der Waals surface area contributed by atoms with Crippen LogP contribution in [-0.4, -0.2) is 31.6 Å². The molecule has 3 amide bonds. The Bertz CT molecular complexity index is 791. The monoisotopic (exact) mass is 339 g/mol. The van der Waals surface area contributed by atoms with E-state index in [9.17, 15) is 9.59 Å². The fourth-order valence-corrected chi connectivity index (χ4v) is 2.91. The quantitative estimate of drug-likeness (QED) is 0.900. The molecule has 25 heavy (non-hydrogen) atoms. The second-order valence-electron chi connectivity index (χ2n) is 6.07. The van der Waals surface area contributed by atoms with Crippen molar-refractivity contribution in [2.24, 2.45) is 0 Å². The molecule has 1 aliphatic rings. The third-order valence-corrected chi connectivity index (χ3v) is 4.10. The van der Waals surface area contributed by atoms with Crippen molar-refractivity contribution in [2.45, 2.75) is 19.4 Å². The van der Waals surface area contributed by atoms with Crippen molar-refractivity contribution in [2.75, 3.05) is 23.9 Å². The number of hydrogen-bond donors (Lipinski definition) is 2. The van der Waals surface area contributed by atoms with Gasteiger partial charge in [-0.1, -0.05) is 18.2 Å². The number of amides is 3. The second-order valence-corrected chi connectivity index (χ2v) is 6.07. The van der Waals surface area contributed by atoms with Crippen molar-refractivity contribution in [1.82, 2.24) is 5.32 Å². The third-order valence-electron chi connectivity index (χ3n) is 4.10. The minimum atomic E-state index is -0.309. The van der Waals surface area contributed by atoms with Crippen molar-refractivity contribution in [3.05, 3.63) is 54.1 Å². The summed E-state index contributed by atoms with van der Waals surface area (Å²) in [5.74, 6) is 0.674. The smallest absolute Gasteiger partial charge is 0.319 e. The van der Waals surface area contributed by atoms with Gasteiger partial charge in [0.1, 0.15) is 5.75 Å². The van der Waals surface area contributed by atoms with Gasteiger partial charge in [0.15, 0.2) is 0 Å². The molecule has 0 saturated carbocycles. The number of carbonyl (C=O) groups is 2. The Hall–Kier alpha value is -3.02. The number of nitrogens with one attached hydrogen (secondary N) is 2. The molecule has 0 unspecified atom stereocenters. The largest absolute Gasteiger partial charge is 0.497 e. The summed E-state index contributed by atoms with van der Waals surface area (Å²) in [4.78, 5) is 26.1. The molecule has 0 spiro atoms. The van der Waals surface area contributed by atoms with E-state index in [-0.39, 0.29) is 24.4 Å². The van der Waals surface area contributed by atoms with Crippen LogP contribution in [0.4, 0.5) is 16.2 Å². The SMILES string of the molecule is COc1cccc(N2C[C@H](NC(=O)Nc3cccc(C)c3)CC2=O)c1. The fraction of sp³-hybridized carbons (Fsp3) is 0.263. The van der Waals surface area contributed by atoms with Gasteiger partial charge in [-0.15, -0.1) is 0 Å². The topological polar surface area (TPSA) is 70.7 Å². The van der Waals surface area contributed by atoms with E-state index in [2.05, 4.69) is 10.6 Å². The molecule has 1 heterocycles. The lowest BCUT2D eigenvalue weighted by Gasteiger charge is -2.18. The van der Waals surface area contributed by atoms with Crippen molar-refractivity contribution in [3.63, 3.8) is 0 Å². The van der Waals surface area contributed by atoms with Crippen molar-refractivity contribution in [1.29, 1.82) is 0 Å². The molecule has 2 aromatic carbocycles. The maximum atomic E-state index is 12.3. The Morgan fingerprint density at radius 2 is 2.00 bits per heavy atom. The molecule has 2 aromatic rings. The van der Waals surface area contributed by atoms with Crippen LogP contribution in [-0.2, 0) is 4.79 Å². The molecule has 1 atom stereocenters. The first kappa shape index (κ1) is 16.8. The predicted molar refractivity (Wildman–Crippen MR) is 97.1 cm³/mol. The van der Waals surface area contributed by atoms with E-state index < -0.39 is 0 Å². The number of hydrogen-bond acceptors (Lipinski definition) is 3. The first-order chi connectivity index (χ1) is 12.0. The average Bonchev–Trinajstić information content (AvgIpc) is 2.95. The third kappa shape index (κ3) is 4.09. The highest BCUT2D eigenvalue weighted by Gasteiger charge is 2.31. The van der Waals surface area contributed by atoms with Crippen LogP contribution in [0.1, 0.15) is 12.0 Å². The molecule has 1 fully saturated rings. The zero-order chi connectivity index (χ0) is 17.8. The molecule has 6 heteroatoms. The van der Waals surface area contributed by atoms with Crippen LogP contribution in [0.2, 0.25) is 0 Å². The van der Waals surface area contributed by atoms with Gasteiger partial charge in [-0.3, -0.25) is 4.79 Å². The highest BCUT2D eigenvalue weighted by Crippen LogP contribution is 2.25. The Kier molecular flexibility index (Phi) is 4.88. The minimum absolute atomic E-state index is 0.0193. The fourth-order valence-electron chi connectivity index (χ4n) is 2.91. The molecule has 6 nitrogen and oxygen atoms in total. The maximum absolute atomic E-state index is 12.3. The molecule has 0 radical (unpaired) electrons. The minimum Gasteiger partial charge on any atom is -0.497 e. The number of ether oxygens (including phenoxy) is 1. The van der Waals surface area contributed by atoms with Gasteiger partial charge >= 0.3 is 6.03 Å². The summed E-state index contributed by atoms with van der Waals surface area (Å²) < 4.78 is 5.20. The lowest BCUT2D eigenvalue weighted by molar-refractivity contribution is -0.117. The summed E-state index contributed by atoms with van der Waals surface area (Å²) in [5, 5.41) is 5.66. The zero-order valence-electron chi connectivity index (χ0n) is 14.3. The standard InChI is InChI=1S/C19H21N3O3/c1-13-5-3-6-14(9-13)20-19(24)21-15-10-18(23)22(12-15)16-7-4-8-17(11-16)25-2/h3-9,11,15H,10,12H2,1-2H3,(H2,20,21,24)/t15-/m1/s1. The van der Waals surface area contributed by atoms with Crippen LogP contribution in [0.25, 0.3) is 0 Å². The number of urea groups is 1.